The quantitative estimate of drug-likeness (QED) is 0.0577. The Labute approximate surface area is 341 Å². The first-order valence-electron chi connectivity index (χ1n) is 20.2. The number of nitrogens with one attached hydrogen (secondary N) is 2. The number of carbonyl (C=O) groups excluding carboxylic acids is 2. The largest absolute Gasteiger partial charge is 0.399 e. The number of nitrogens with two attached hydrogens (primary N) is 2. The summed E-state index contributed by atoms with van der Waals surface area (Å²) in [6.45, 7) is 6.60. The highest BCUT2D eigenvalue weighted by Crippen LogP contribution is 2.40. The van der Waals surface area contributed by atoms with Gasteiger partial charge in [-0.15, -0.1) is 0 Å². The Morgan fingerprint density at radius 2 is 0.741 bits per heavy atom. The van der Waals surface area contributed by atoms with Gasteiger partial charge in [-0.1, -0.05) is 0 Å². The third-order valence-corrected chi connectivity index (χ3v) is 10.4. The minimum absolute atomic E-state index is 0.189. The number of anilines is 10. The molecule has 0 bridgehead atoms. The summed E-state index contributed by atoms with van der Waals surface area (Å²) in [5, 5.41) is 6.95. The number of ether oxygens (including phenoxy) is 2. The number of hydrogen-bond donors (Lipinski definition) is 4. The van der Waals surface area contributed by atoms with E-state index in [2.05, 4.69) is 93.2 Å². The topological polar surface area (TPSA) is 142 Å². The van der Waals surface area contributed by atoms with E-state index in [1.54, 1.807) is 0 Å². The van der Waals surface area contributed by atoms with Crippen LogP contribution in [-0.4, -0.2) is 87.3 Å². The molecule has 0 saturated carbocycles. The summed E-state index contributed by atoms with van der Waals surface area (Å²) in [7, 11) is 0. The van der Waals surface area contributed by atoms with Gasteiger partial charge in [0.2, 0.25) is 11.8 Å². The van der Waals surface area contributed by atoms with Crippen LogP contribution in [0.25, 0.3) is 0 Å². The first kappa shape index (κ1) is 40.0. The van der Waals surface area contributed by atoms with E-state index in [1.807, 2.05) is 58.3 Å². The second kappa shape index (κ2) is 19.8. The lowest BCUT2D eigenvalue weighted by Crippen LogP contribution is -2.40. The smallest absolute Gasteiger partial charge is 0.222 e. The molecule has 0 aliphatic carbocycles. The van der Waals surface area contributed by atoms with Crippen molar-refractivity contribution >= 4 is 68.7 Å². The number of amides is 2. The minimum Gasteiger partial charge on any atom is -0.399 e. The van der Waals surface area contributed by atoms with Crippen molar-refractivity contribution < 1.29 is 19.1 Å². The summed E-state index contributed by atoms with van der Waals surface area (Å²) in [6.07, 6.45) is 2.56. The van der Waals surface area contributed by atoms with Crippen LogP contribution < -0.4 is 31.9 Å². The highest BCUT2D eigenvalue weighted by molar-refractivity contribution is 5.82. The molecule has 2 aliphatic heterocycles. The summed E-state index contributed by atoms with van der Waals surface area (Å²) < 4.78 is 10.7. The van der Waals surface area contributed by atoms with Crippen molar-refractivity contribution in [2.24, 2.45) is 0 Å². The van der Waals surface area contributed by atoms with Gasteiger partial charge in [0.15, 0.2) is 0 Å². The molecule has 0 radical (unpaired) electrons. The van der Waals surface area contributed by atoms with Gasteiger partial charge in [0.05, 0.1) is 26.4 Å². The van der Waals surface area contributed by atoms with Crippen LogP contribution in [0.5, 0.6) is 0 Å². The van der Waals surface area contributed by atoms with E-state index in [1.165, 1.54) is 0 Å². The molecule has 2 saturated heterocycles. The lowest BCUT2D eigenvalue weighted by molar-refractivity contribution is -0.136. The Hall–Kier alpha value is -6.24. The summed E-state index contributed by atoms with van der Waals surface area (Å²) in [6, 6.07) is 41.0. The van der Waals surface area contributed by atoms with Crippen LogP contribution in [0.15, 0.2) is 121 Å². The van der Waals surface area contributed by atoms with Crippen LogP contribution in [0.3, 0.4) is 0 Å². The Morgan fingerprint density at radius 1 is 0.466 bits per heavy atom. The number of carbonyl (C=O) groups is 2. The molecular formula is C46H54N8O4. The molecule has 5 aromatic rings. The minimum atomic E-state index is 0.189. The zero-order valence-corrected chi connectivity index (χ0v) is 33.0. The Kier molecular flexibility index (Phi) is 13.6. The fraction of sp³-hybridized carbons (Fsp3) is 0.304. The van der Waals surface area contributed by atoms with Gasteiger partial charge >= 0.3 is 0 Å². The first-order valence-corrected chi connectivity index (χ1v) is 20.2. The van der Waals surface area contributed by atoms with Gasteiger partial charge in [0, 0.05) is 109 Å². The highest BCUT2D eigenvalue weighted by atomic mass is 16.5. The van der Waals surface area contributed by atoms with Crippen LogP contribution >= 0.6 is 0 Å². The van der Waals surface area contributed by atoms with E-state index in [0.717, 1.165) is 58.3 Å². The summed E-state index contributed by atoms with van der Waals surface area (Å²) >= 11 is 0. The standard InChI is InChI=1S/C46H54N8O4/c47-35-5-13-39(14-6-35)53(41-17-9-37(10-18-41)49-25-1-3-45(55)51-27-31-57-32-28-51)43-21-23-44(24-22-43)54(40-15-7-36(48)8-16-40)42-19-11-38(12-20-42)50-26-2-4-46(56)52-29-33-58-34-30-52/h5-24,49-50H,1-4,25-34,47-48H2. The van der Waals surface area contributed by atoms with Crippen LogP contribution in [0, 0.1) is 0 Å². The van der Waals surface area contributed by atoms with Crippen molar-refractivity contribution in [2.75, 3.05) is 97.6 Å². The lowest BCUT2D eigenvalue weighted by Gasteiger charge is -2.28. The lowest BCUT2D eigenvalue weighted by atomic mass is 10.1. The van der Waals surface area contributed by atoms with Crippen molar-refractivity contribution in [2.45, 2.75) is 25.7 Å². The number of hydrogen-bond acceptors (Lipinski definition) is 10. The van der Waals surface area contributed by atoms with Crippen LogP contribution in [0.4, 0.5) is 56.9 Å². The third kappa shape index (κ3) is 10.6. The molecule has 2 fully saturated rings. The van der Waals surface area contributed by atoms with E-state index in [4.69, 9.17) is 20.9 Å². The van der Waals surface area contributed by atoms with E-state index in [0.29, 0.717) is 89.9 Å². The predicted octanol–water partition coefficient (Wildman–Crippen LogP) is 7.89. The van der Waals surface area contributed by atoms with Crippen LogP contribution in [0.2, 0.25) is 0 Å². The molecule has 2 heterocycles. The zero-order valence-electron chi connectivity index (χ0n) is 33.0. The SMILES string of the molecule is Nc1ccc(N(c2ccc(NCCCC(=O)N3CCOCC3)cc2)c2ccc(N(c3ccc(N)cc3)c3ccc(NCCCC(=O)N4CCOCC4)cc3)cc2)cc1. The maximum absolute atomic E-state index is 12.5. The highest BCUT2D eigenvalue weighted by Gasteiger charge is 2.19. The van der Waals surface area contributed by atoms with Gasteiger partial charge in [-0.2, -0.15) is 0 Å². The van der Waals surface area contributed by atoms with Crippen LogP contribution in [-0.2, 0) is 19.1 Å². The number of nitrogens with zero attached hydrogens (tertiary/aromatic N) is 4. The summed E-state index contributed by atoms with van der Waals surface area (Å²) in [4.78, 5) is 33.3. The van der Waals surface area contributed by atoms with Crippen molar-refractivity contribution in [3.63, 3.8) is 0 Å². The number of morpholine rings is 2. The molecule has 0 unspecified atom stereocenters. The van der Waals surface area contributed by atoms with E-state index in [9.17, 15) is 9.59 Å². The third-order valence-electron chi connectivity index (χ3n) is 10.4. The molecule has 302 valence electrons. The molecule has 7 rings (SSSR count). The van der Waals surface area contributed by atoms with E-state index < -0.39 is 0 Å². The molecule has 0 spiro atoms. The molecule has 58 heavy (non-hydrogen) atoms. The molecule has 12 heteroatoms. The second-order valence-electron chi connectivity index (χ2n) is 14.5. The number of nitrogen functional groups attached to an aromatic ring is 2. The van der Waals surface area contributed by atoms with E-state index in [-0.39, 0.29) is 11.8 Å². The number of benzene rings is 5. The van der Waals surface area contributed by atoms with Gasteiger partial charge in [0.25, 0.3) is 0 Å². The summed E-state index contributed by atoms with van der Waals surface area (Å²) in [5.74, 6) is 0.379. The second-order valence-corrected chi connectivity index (χ2v) is 14.5. The molecular weight excluding hydrogens is 729 g/mol. The fourth-order valence-electron chi connectivity index (χ4n) is 7.24. The van der Waals surface area contributed by atoms with Gasteiger partial charge in [-0.3, -0.25) is 9.59 Å². The molecule has 0 atom stereocenters. The fourth-order valence-corrected chi connectivity index (χ4v) is 7.24. The average molecular weight is 783 g/mol. The Morgan fingerprint density at radius 3 is 1.05 bits per heavy atom. The van der Waals surface area contributed by atoms with Gasteiger partial charge < -0.3 is 51.2 Å². The molecule has 5 aromatic carbocycles. The monoisotopic (exact) mass is 782 g/mol. The summed E-state index contributed by atoms with van der Waals surface area (Å²) in [5.41, 5.74) is 21.5. The van der Waals surface area contributed by atoms with Crippen molar-refractivity contribution in [1.82, 2.24) is 9.80 Å². The maximum Gasteiger partial charge on any atom is 0.222 e. The Bertz CT molecular complexity index is 1900. The molecule has 12 nitrogen and oxygen atoms in total. The van der Waals surface area contributed by atoms with Crippen molar-refractivity contribution in [1.29, 1.82) is 0 Å². The average Bonchev–Trinajstić information content (AvgIpc) is 3.27. The molecule has 6 N–H and O–H groups in total. The molecule has 2 aliphatic rings. The normalized spacial score (nSPS) is 14.1. The van der Waals surface area contributed by atoms with Crippen molar-refractivity contribution in [3.8, 4) is 0 Å². The number of rotatable bonds is 16. The van der Waals surface area contributed by atoms with E-state index >= 15 is 0 Å². The zero-order chi connectivity index (χ0) is 40.1. The predicted molar refractivity (Wildman–Crippen MR) is 235 cm³/mol. The van der Waals surface area contributed by atoms with Crippen molar-refractivity contribution in [3.05, 3.63) is 121 Å². The Balaban J connectivity index is 1.04. The van der Waals surface area contributed by atoms with Gasteiger partial charge in [-0.25, -0.2) is 0 Å². The van der Waals surface area contributed by atoms with Gasteiger partial charge in [0.1, 0.15) is 0 Å². The first-order chi connectivity index (χ1) is 28.4. The molecule has 0 aromatic heterocycles. The van der Waals surface area contributed by atoms with Gasteiger partial charge in [-0.05, 0) is 134 Å². The molecule has 2 amide bonds. The maximum atomic E-state index is 12.5. The van der Waals surface area contributed by atoms with Crippen LogP contribution in [0.1, 0.15) is 25.7 Å².